The van der Waals surface area contributed by atoms with E-state index in [1.165, 1.54) is 0 Å². The van der Waals surface area contributed by atoms with E-state index in [2.05, 4.69) is 29.5 Å². The fourth-order valence-electron chi connectivity index (χ4n) is 1.31. The van der Waals surface area contributed by atoms with Crippen molar-refractivity contribution in [2.24, 2.45) is 7.05 Å². The van der Waals surface area contributed by atoms with E-state index in [1.807, 2.05) is 18.8 Å². The molecule has 0 aromatic carbocycles. The molecular weight excluding hydrogens is 184 g/mol. The van der Waals surface area contributed by atoms with Gasteiger partial charge in [-0.25, -0.2) is 4.68 Å². The van der Waals surface area contributed by atoms with Crippen molar-refractivity contribution >= 4 is 17.6 Å². The minimum absolute atomic E-state index is 0.338. The van der Waals surface area contributed by atoms with Crippen LogP contribution in [0.5, 0.6) is 0 Å². The Balaban J connectivity index is 2.03. The molecule has 1 saturated heterocycles. The number of aryl methyl sites for hydroxylation is 1. The number of hydrogen-bond donors (Lipinski definition) is 1. The van der Waals surface area contributed by atoms with Gasteiger partial charge in [0.2, 0.25) is 0 Å². The molecule has 0 saturated carbocycles. The maximum absolute atomic E-state index is 3.87. The number of rotatable bonds is 2. The van der Waals surface area contributed by atoms with Crippen molar-refractivity contribution in [1.29, 1.82) is 0 Å². The molecule has 1 aliphatic rings. The molecule has 1 aliphatic heterocycles. The molecule has 1 N–H and O–H groups in total. The number of hydrogen-bond acceptors (Lipinski definition) is 4. The van der Waals surface area contributed by atoms with Crippen molar-refractivity contribution in [3.63, 3.8) is 0 Å². The van der Waals surface area contributed by atoms with E-state index >= 15 is 0 Å². The summed E-state index contributed by atoms with van der Waals surface area (Å²) >= 11 is 1.99. The van der Waals surface area contributed by atoms with E-state index in [0.717, 1.165) is 11.6 Å². The van der Waals surface area contributed by atoms with E-state index in [0.29, 0.717) is 10.8 Å². The van der Waals surface area contributed by atoms with E-state index in [-0.39, 0.29) is 0 Å². The van der Waals surface area contributed by atoms with Crippen LogP contribution >= 0.6 is 11.8 Å². The lowest BCUT2D eigenvalue weighted by Crippen LogP contribution is -2.50. The van der Waals surface area contributed by atoms with Gasteiger partial charge < -0.3 is 5.32 Å². The SMILES string of the molecule is Cn1nncc1NC1CSC1(C)C. The third kappa shape index (κ3) is 1.52. The van der Waals surface area contributed by atoms with Gasteiger partial charge in [-0.05, 0) is 13.8 Å². The Kier molecular flexibility index (Phi) is 1.98. The lowest BCUT2D eigenvalue weighted by atomic mass is 10.0. The Labute approximate surface area is 82.1 Å². The first-order valence-electron chi connectivity index (χ1n) is 4.35. The molecule has 1 unspecified atom stereocenters. The van der Waals surface area contributed by atoms with Crippen molar-refractivity contribution in [3.05, 3.63) is 6.20 Å². The topological polar surface area (TPSA) is 42.7 Å². The van der Waals surface area contributed by atoms with Crippen LogP contribution in [0, 0.1) is 0 Å². The Morgan fingerprint density at radius 1 is 1.69 bits per heavy atom. The summed E-state index contributed by atoms with van der Waals surface area (Å²) in [4.78, 5) is 0. The molecule has 4 nitrogen and oxygen atoms in total. The van der Waals surface area contributed by atoms with Crippen LogP contribution in [0.2, 0.25) is 0 Å². The Morgan fingerprint density at radius 2 is 2.46 bits per heavy atom. The molecule has 5 heteroatoms. The van der Waals surface area contributed by atoms with Gasteiger partial charge in [-0.15, -0.1) is 5.10 Å². The van der Waals surface area contributed by atoms with Gasteiger partial charge in [-0.1, -0.05) is 5.21 Å². The average Bonchev–Trinajstić information content (AvgIpc) is 2.45. The highest BCUT2D eigenvalue weighted by atomic mass is 32.2. The van der Waals surface area contributed by atoms with Crippen molar-refractivity contribution in [1.82, 2.24) is 15.0 Å². The van der Waals surface area contributed by atoms with Gasteiger partial charge in [-0.3, -0.25) is 0 Å². The van der Waals surface area contributed by atoms with E-state index in [4.69, 9.17) is 0 Å². The van der Waals surface area contributed by atoms with Gasteiger partial charge in [0.05, 0.1) is 12.2 Å². The van der Waals surface area contributed by atoms with Crippen molar-refractivity contribution < 1.29 is 0 Å². The molecule has 13 heavy (non-hydrogen) atoms. The van der Waals surface area contributed by atoms with E-state index < -0.39 is 0 Å². The summed E-state index contributed by atoms with van der Waals surface area (Å²) in [5, 5.41) is 11.1. The fraction of sp³-hybridized carbons (Fsp3) is 0.750. The molecule has 2 heterocycles. The molecular formula is C8H14N4S. The number of thioether (sulfide) groups is 1. The average molecular weight is 198 g/mol. The number of nitrogens with one attached hydrogen (secondary N) is 1. The molecule has 72 valence electrons. The Hall–Kier alpha value is -0.710. The number of anilines is 1. The predicted octanol–water partition coefficient (Wildman–Crippen LogP) is 1.12. The lowest BCUT2D eigenvalue weighted by molar-refractivity contribution is 0.568. The van der Waals surface area contributed by atoms with Crippen LogP contribution in [0.4, 0.5) is 5.82 Å². The maximum Gasteiger partial charge on any atom is 0.144 e. The summed E-state index contributed by atoms with van der Waals surface area (Å²) in [5.74, 6) is 2.16. The molecule has 0 amide bonds. The molecule has 1 aromatic rings. The molecule has 0 bridgehead atoms. The van der Waals surface area contributed by atoms with Crippen molar-refractivity contribution in [3.8, 4) is 0 Å². The molecule has 1 fully saturated rings. The van der Waals surface area contributed by atoms with Crippen molar-refractivity contribution in [2.75, 3.05) is 11.1 Å². The number of aromatic nitrogens is 3. The van der Waals surface area contributed by atoms with Crippen LogP contribution in [-0.4, -0.2) is 31.5 Å². The second kappa shape index (κ2) is 2.90. The van der Waals surface area contributed by atoms with Gasteiger partial charge >= 0.3 is 0 Å². The number of nitrogens with zero attached hydrogens (tertiary/aromatic N) is 3. The Morgan fingerprint density at radius 3 is 2.85 bits per heavy atom. The quantitative estimate of drug-likeness (QED) is 0.773. The molecule has 0 spiro atoms. The minimum atomic E-state index is 0.338. The van der Waals surface area contributed by atoms with Gasteiger partial charge in [0.1, 0.15) is 5.82 Å². The third-order valence-corrected chi connectivity index (χ3v) is 4.03. The summed E-state index contributed by atoms with van der Waals surface area (Å²) in [6.45, 7) is 4.51. The van der Waals surface area contributed by atoms with E-state index in [1.54, 1.807) is 10.9 Å². The zero-order chi connectivity index (χ0) is 9.47. The van der Waals surface area contributed by atoms with Gasteiger partial charge in [-0.2, -0.15) is 11.8 Å². The molecule has 2 rings (SSSR count). The minimum Gasteiger partial charge on any atom is -0.364 e. The zero-order valence-electron chi connectivity index (χ0n) is 8.11. The van der Waals surface area contributed by atoms with Crippen molar-refractivity contribution in [2.45, 2.75) is 24.6 Å². The maximum atomic E-state index is 3.87. The highest BCUT2D eigenvalue weighted by Crippen LogP contribution is 2.41. The first-order valence-corrected chi connectivity index (χ1v) is 5.33. The first kappa shape index (κ1) is 8.87. The highest BCUT2D eigenvalue weighted by molar-refractivity contribution is 8.02. The first-order chi connectivity index (χ1) is 6.09. The fourth-order valence-corrected chi connectivity index (χ4v) is 2.46. The second-order valence-corrected chi connectivity index (χ2v) is 5.53. The van der Waals surface area contributed by atoms with Crippen LogP contribution in [0.3, 0.4) is 0 Å². The summed E-state index contributed by atoms with van der Waals surface area (Å²) in [7, 11) is 1.90. The molecule has 1 aromatic heterocycles. The van der Waals surface area contributed by atoms with Gasteiger partial charge in [0.25, 0.3) is 0 Å². The van der Waals surface area contributed by atoms with Gasteiger partial charge in [0, 0.05) is 17.5 Å². The molecule has 0 radical (unpaired) electrons. The van der Waals surface area contributed by atoms with Crippen LogP contribution in [0.15, 0.2) is 6.20 Å². The summed E-state index contributed by atoms with van der Waals surface area (Å²) in [6, 6.07) is 0.537. The second-order valence-electron chi connectivity index (χ2n) is 3.85. The lowest BCUT2D eigenvalue weighted by Gasteiger charge is -2.44. The zero-order valence-corrected chi connectivity index (χ0v) is 8.93. The monoisotopic (exact) mass is 198 g/mol. The summed E-state index contributed by atoms with van der Waals surface area (Å²) < 4.78 is 2.10. The predicted molar refractivity (Wildman–Crippen MR) is 55.0 cm³/mol. The van der Waals surface area contributed by atoms with Crippen LogP contribution < -0.4 is 5.32 Å². The summed E-state index contributed by atoms with van der Waals surface area (Å²) in [5.41, 5.74) is 0. The van der Waals surface area contributed by atoms with Crippen LogP contribution in [0.25, 0.3) is 0 Å². The molecule has 1 atom stereocenters. The largest absolute Gasteiger partial charge is 0.364 e. The van der Waals surface area contributed by atoms with Crippen LogP contribution in [0.1, 0.15) is 13.8 Å². The third-order valence-electron chi connectivity index (χ3n) is 2.50. The van der Waals surface area contributed by atoms with E-state index in [9.17, 15) is 0 Å². The normalized spacial score (nSPS) is 25.3. The van der Waals surface area contributed by atoms with Gasteiger partial charge in [0.15, 0.2) is 0 Å². The smallest absolute Gasteiger partial charge is 0.144 e. The Bertz CT molecular complexity index is 307. The summed E-state index contributed by atoms with van der Waals surface area (Å²) in [6.07, 6.45) is 1.76. The highest BCUT2D eigenvalue weighted by Gasteiger charge is 2.39. The standard InChI is InChI=1S/C8H14N4S/c1-8(2)6(5-13-8)10-7-4-9-11-12(7)3/h4,6,10H,5H2,1-3H3. The van der Waals surface area contributed by atoms with Crippen LogP contribution in [-0.2, 0) is 7.05 Å². The molecule has 0 aliphatic carbocycles.